The van der Waals surface area contributed by atoms with E-state index in [2.05, 4.69) is 15.3 Å². The number of hydrogen-bond donors (Lipinski definition) is 2. The minimum Gasteiger partial charge on any atom is -0.478 e. The monoisotopic (exact) mass is 383 g/mol. The van der Waals surface area contributed by atoms with E-state index in [1.165, 1.54) is 12.1 Å². The van der Waals surface area contributed by atoms with E-state index in [-0.39, 0.29) is 18.0 Å². The summed E-state index contributed by atoms with van der Waals surface area (Å²) < 4.78 is 0. The number of carboxylic acid groups (broad SMARTS) is 1. The summed E-state index contributed by atoms with van der Waals surface area (Å²) in [5, 5.41) is 12.6. The molecular formula is C23H17N3O3. The zero-order valence-corrected chi connectivity index (χ0v) is 15.4. The molecule has 0 bridgehead atoms. The molecule has 2 aromatic carbocycles. The Morgan fingerprint density at radius 2 is 1.66 bits per heavy atom. The van der Waals surface area contributed by atoms with Crippen molar-refractivity contribution in [3.05, 3.63) is 95.7 Å². The van der Waals surface area contributed by atoms with Crippen molar-refractivity contribution in [1.82, 2.24) is 15.3 Å². The zero-order valence-electron chi connectivity index (χ0n) is 15.4. The molecule has 0 saturated heterocycles. The first-order valence-corrected chi connectivity index (χ1v) is 9.03. The third kappa shape index (κ3) is 3.96. The van der Waals surface area contributed by atoms with E-state index in [1.807, 2.05) is 42.5 Å². The van der Waals surface area contributed by atoms with Crippen LogP contribution in [0.15, 0.2) is 79.0 Å². The quantitative estimate of drug-likeness (QED) is 0.545. The van der Waals surface area contributed by atoms with Crippen LogP contribution in [0, 0.1) is 0 Å². The van der Waals surface area contributed by atoms with Crippen LogP contribution in [0.4, 0.5) is 0 Å². The Labute approximate surface area is 166 Å². The van der Waals surface area contributed by atoms with Crippen molar-refractivity contribution in [3.8, 4) is 11.4 Å². The number of pyridine rings is 2. The number of para-hydroxylation sites is 1. The maximum Gasteiger partial charge on any atom is 0.335 e. The van der Waals surface area contributed by atoms with E-state index in [9.17, 15) is 9.59 Å². The standard InChI is InChI=1S/C23H17N3O3/c27-22(25-14-15-8-10-16(11-9-15)23(28)29)18-13-21(20-7-3-4-12-24-20)26-19-6-2-1-5-17(18)19/h1-13H,14H2,(H,25,27)(H,28,29). The normalized spacial score (nSPS) is 10.6. The van der Waals surface area contributed by atoms with Gasteiger partial charge < -0.3 is 10.4 Å². The van der Waals surface area contributed by atoms with E-state index >= 15 is 0 Å². The number of amides is 1. The fourth-order valence-corrected chi connectivity index (χ4v) is 3.05. The minimum atomic E-state index is -0.981. The molecule has 4 rings (SSSR count). The summed E-state index contributed by atoms with van der Waals surface area (Å²) >= 11 is 0. The number of aromatic carboxylic acids is 1. The summed E-state index contributed by atoms with van der Waals surface area (Å²) in [6.45, 7) is 0.286. The summed E-state index contributed by atoms with van der Waals surface area (Å²) in [4.78, 5) is 32.9. The highest BCUT2D eigenvalue weighted by atomic mass is 16.4. The maximum atomic E-state index is 12.9. The summed E-state index contributed by atoms with van der Waals surface area (Å²) in [6.07, 6.45) is 1.69. The first-order valence-electron chi connectivity index (χ1n) is 9.03. The van der Waals surface area contributed by atoms with Crippen molar-refractivity contribution in [1.29, 1.82) is 0 Å². The highest BCUT2D eigenvalue weighted by Gasteiger charge is 2.14. The fraction of sp³-hybridized carbons (Fsp3) is 0.0435. The number of benzene rings is 2. The van der Waals surface area contributed by atoms with E-state index in [0.29, 0.717) is 22.5 Å². The van der Waals surface area contributed by atoms with Crippen LogP contribution in [-0.4, -0.2) is 27.0 Å². The smallest absolute Gasteiger partial charge is 0.335 e. The van der Waals surface area contributed by atoms with Crippen molar-refractivity contribution in [2.24, 2.45) is 0 Å². The van der Waals surface area contributed by atoms with Crippen molar-refractivity contribution in [2.75, 3.05) is 0 Å². The van der Waals surface area contributed by atoms with Crippen LogP contribution in [0.5, 0.6) is 0 Å². The zero-order chi connectivity index (χ0) is 20.2. The van der Waals surface area contributed by atoms with Crippen molar-refractivity contribution in [3.63, 3.8) is 0 Å². The van der Waals surface area contributed by atoms with Gasteiger partial charge in [-0.1, -0.05) is 36.4 Å². The molecule has 2 aromatic heterocycles. The molecule has 0 fully saturated rings. The second-order valence-corrected chi connectivity index (χ2v) is 6.47. The molecule has 4 aromatic rings. The third-order valence-corrected chi connectivity index (χ3v) is 4.54. The predicted octanol–water partition coefficient (Wildman–Crippen LogP) is 3.93. The second kappa shape index (κ2) is 7.90. The van der Waals surface area contributed by atoms with Gasteiger partial charge in [-0.25, -0.2) is 9.78 Å². The van der Waals surface area contributed by atoms with Gasteiger partial charge in [-0.2, -0.15) is 0 Å². The van der Waals surface area contributed by atoms with E-state index in [1.54, 1.807) is 24.4 Å². The molecule has 2 N–H and O–H groups in total. The van der Waals surface area contributed by atoms with Crippen LogP contribution in [0.2, 0.25) is 0 Å². The van der Waals surface area contributed by atoms with Crippen LogP contribution in [0.3, 0.4) is 0 Å². The minimum absolute atomic E-state index is 0.209. The molecule has 1 amide bonds. The van der Waals surface area contributed by atoms with Gasteiger partial charge in [0.25, 0.3) is 5.91 Å². The van der Waals surface area contributed by atoms with Crippen LogP contribution in [0.1, 0.15) is 26.3 Å². The lowest BCUT2D eigenvalue weighted by molar-refractivity contribution is 0.0696. The molecule has 0 radical (unpaired) electrons. The largest absolute Gasteiger partial charge is 0.478 e. The van der Waals surface area contributed by atoms with Gasteiger partial charge in [0.1, 0.15) is 0 Å². The molecule has 6 nitrogen and oxygen atoms in total. The lowest BCUT2D eigenvalue weighted by Crippen LogP contribution is -2.23. The van der Waals surface area contributed by atoms with Crippen molar-refractivity contribution in [2.45, 2.75) is 6.54 Å². The maximum absolute atomic E-state index is 12.9. The van der Waals surface area contributed by atoms with Gasteiger partial charge in [0.05, 0.1) is 28.0 Å². The molecule has 0 spiro atoms. The molecule has 0 aliphatic heterocycles. The summed E-state index contributed by atoms with van der Waals surface area (Å²) in [5.41, 5.74) is 3.56. The molecule has 0 unspecified atom stereocenters. The van der Waals surface area contributed by atoms with Gasteiger partial charge in [-0.15, -0.1) is 0 Å². The average Bonchev–Trinajstić information content (AvgIpc) is 2.77. The Kier molecular flexibility index (Phi) is 4.99. The Hall–Kier alpha value is -4.06. The molecular weight excluding hydrogens is 366 g/mol. The number of nitrogens with zero attached hydrogens (tertiary/aromatic N) is 2. The highest BCUT2D eigenvalue weighted by Crippen LogP contribution is 2.23. The number of fused-ring (bicyclic) bond motifs is 1. The topological polar surface area (TPSA) is 92.2 Å². The van der Waals surface area contributed by atoms with Gasteiger partial charge in [-0.05, 0) is 42.0 Å². The van der Waals surface area contributed by atoms with Crippen LogP contribution in [0.25, 0.3) is 22.3 Å². The molecule has 2 heterocycles. The van der Waals surface area contributed by atoms with Crippen molar-refractivity contribution < 1.29 is 14.7 Å². The average molecular weight is 383 g/mol. The molecule has 0 aliphatic rings. The van der Waals surface area contributed by atoms with Gasteiger partial charge >= 0.3 is 5.97 Å². The first kappa shape index (κ1) is 18.3. The summed E-state index contributed by atoms with van der Waals surface area (Å²) in [6, 6.07) is 21.2. The van der Waals surface area contributed by atoms with Gasteiger partial charge in [-0.3, -0.25) is 9.78 Å². The van der Waals surface area contributed by atoms with Crippen LogP contribution < -0.4 is 5.32 Å². The first-order chi connectivity index (χ1) is 14.1. The van der Waals surface area contributed by atoms with E-state index in [4.69, 9.17) is 5.11 Å². The van der Waals surface area contributed by atoms with E-state index < -0.39 is 5.97 Å². The lowest BCUT2D eigenvalue weighted by Gasteiger charge is -2.10. The predicted molar refractivity (Wildman–Crippen MR) is 110 cm³/mol. The third-order valence-electron chi connectivity index (χ3n) is 4.54. The number of hydrogen-bond acceptors (Lipinski definition) is 4. The van der Waals surface area contributed by atoms with Gasteiger partial charge in [0.2, 0.25) is 0 Å². The Morgan fingerprint density at radius 3 is 2.38 bits per heavy atom. The summed E-state index contributed by atoms with van der Waals surface area (Å²) in [7, 11) is 0. The molecule has 0 aliphatic carbocycles. The Morgan fingerprint density at radius 1 is 0.897 bits per heavy atom. The fourth-order valence-electron chi connectivity index (χ4n) is 3.05. The molecule has 0 atom stereocenters. The van der Waals surface area contributed by atoms with Gasteiger partial charge in [0, 0.05) is 18.1 Å². The Balaban J connectivity index is 1.63. The number of carbonyl (C=O) groups is 2. The lowest BCUT2D eigenvalue weighted by atomic mass is 10.1. The highest BCUT2D eigenvalue weighted by molar-refractivity contribution is 6.07. The molecule has 142 valence electrons. The number of nitrogens with one attached hydrogen (secondary N) is 1. The number of rotatable bonds is 5. The summed E-state index contributed by atoms with van der Waals surface area (Å²) in [5.74, 6) is -1.21. The molecule has 6 heteroatoms. The SMILES string of the molecule is O=C(O)c1ccc(CNC(=O)c2cc(-c3ccccn3)nc3ccccc23)cc1. The van der Waals surface area contributed by atoms with E-state index in [0.717, 1.165) is 10.9 Å². The molecule has 29 heavy (non-hydrogen) atoms. The van der Waals surface area contributed by atoms with Crippen molar-refractivity contribution >= 4 is 22.8 Å². The van der Waals surface area contributed by atoms with Crippen LogP contribution >= 0.6 is 0 Å². The number of aromatic nitrogens is 2. The second-order valence-electron chi connectivity index (χ2n) is 6.47. The Bertz CT molecular complexity index is 1190. The number of carbonyl (C=O) groups excluding carboxylic acids is 1. The molecule has 0 saturated carbocycles. The van der Waals surface area contributed by atoms with Gasteiger partial charge in [0.15, 0.2) is 0 Å². The number of carboxylic acids is 1. The van der Waals surface area contributed by atoms with Crippen LogP contribution in [-0.2, 0) is 6.54 Å².